The van der Waals surface area contributed by atoms with Gasteiger partial charge in [0.2, 0.25) is 0 Å². The molecule has 2 aromatic carbocycles. The zero-order valence-corrected chi connectivity index (χ0v) is 16.5. The van der Waals surface area contributed by atoms with Crippen molar-refractivity contribution in [1.29, 1.82) is 0 Å². The van der Waals surface area contributed by atoms with Crippen LogP contribution in [0.15, 0.2) is 46.9 Å². The highest BCUT2D eigenvalue weighted by atomic mass is 79.9. The Morgan fingerprint density at radius 1 is 1.20 bits per heavy atom. The lowest BCUT2D eigenvalue weighted by atomic mass is 9.94. The number of rotatable bonds is 3. The second-order valence-electron chi connectivity index (χ2n) is 6.34. The molecule has 1 heterocycles. The number of hydrogen-bond donors (Lipinski definition) is 0. The molecule has 0 aromatic heterocycles. The summed E-state index contributed by atoms with van der Waals surface area (Å²) in [7, 11) is 1.61. The Balaban J connectivity index is 1.83. The van der Waals surface area contributed by atoms with Crippen LogP contribution in [0.25, 0.3) is 0 Å². The van der Waals surface area contributed by atoms with Gasteiger partial charge in [0.25, 0.3) is 5.91 Å². The molecule has 1 atom stereocenters. The van der Waals surface area contributed by atoms with E-state index in [0.29, 0.717) is 17.2 Å². The summed E-state index contributed by atoms with van der Waals surface area (Å²) in [5.41, 5.74) is 1.89. The summed E-state index contributed by atoms with van der Waals surface area (Å²) in [6.45, 7) is 1.51. The third-order valence-electron chi connectivity index (χ3n) is 4.70. The van der Waals surface area contributed by atoms with Crippen molar-refractivity contribution >= 4 is 33.4 Å². The molecule has 0 bridgehead atoms. The van der Waals surface area contributed by atoms with Gasteiger partial charge in [-0.2, -0.15) is 0 Å². The van der Waals surface area contributed by atoms with Crippen molar-refractivity contribution in [3.05, 3.63) is 63.1 Å². The maximum Gasteiger partial charge on any atom is 0.255 e. The van der Waals surface area contributed by atoms with Crippen molar-refractivity contribution in [2.75, 3.05) is 20.2 Å². The van der Waals surface area contributed by atoms with Crippen LogP contribution in [0.3, 0.4) is 0 Å². The minimum Gasteiger partial charge on any atom is -0.497 e. The zero-order chi connectivity index (χ0) is 17.8. The summed E-state index contributed by atoms with van der Waals surface area (Å²) >= 11 is 9.50. The second-order valence-corrected chi connectivity index (χ2v) is 7.63. The first-order valence-electron chi connectivity index (χ1n) is 8.47. The molecule has 1 saturated heterocycles. The molecule has 1 unspecified atom stereocenters. The lowest BCUT2D eigenvalue weighted by Crippen LogP contribution is -2.34. The van der Waals surface area contributed by atoms with E-state index in [9.17, 15) is 4.79 Å². The van der Waals surface area contributed by atoms with Crippen molar-refractivity contribution < 1.29 is 9.53 Å². The van der Waals surface area contributed by atoms with Crippen molar-refractivity contribution in [3.8, 4) is 5.75 Å². The number of carbonyl (C=O) groups is 1. The Morgan fingerprint density at radius 3 is 2.68 bits per heavy atom. The Labute approximate surface area is 162 Å². The average molecular weight is 423 g/mol. The summed E-state index contributed by atoms with van der Waals surface area (Å²) in [5.74, 6) is 1.08. The second kappa shape index (κ2) is 8.24. The van der Waals surface area contributed by atoms with Crippen molar-refractivity contribution in [2.24, 2.45) is 0 Å². The molecule has 0 aliphatic carbocycles. The van der Waals surface area contributed by atoms with Gasteiger partial charge in [-0.1, -0.05) is 30.2 Å². The molecule has 0 spiro atoms. The van der Waals surface area contributed by atoms with Gasteiger partial charge >= 0.3 is 0 Å². The molecular formula is C20H21BrClNO2. The van der Waals surface area contributed by atoms with E-state index in [0.717, 1.165) is 41.8 Å². The van der Waals surface area contributed by atoms with Gasteiger partial charge in [0, 0.05) is 28.5 Å². The van der Waals surface area contributed by atoms with E-state index in [1.807, 2.05) is 29.2 Å². The number of carbonyl (C=O) groups excluding carboxylic acids is 1. The van der Waals surface area contributed by atoms with Crippen LogP contribution in [0, 0.1) is 0 Å². The van der Waals surface area contributed by atoms with E-state index in [1.165, 1.54) is 5.56 Å². The quantitative estimate of drug-likeness (QED) is 0.651. The number of hydrogen-bond acceptors (Lipinski definition) is 2. The lowest BCUT2D eigenvalue weighted by Gasteiger charge is -2.25. The van der Waals surface area contributed by atoms with Gasteiger partial charge < -0.3 is 9.64 Å². The van der Waals surface area contributed by atoms with Gasteiger partial charge in [0.15, 0.2) is 0 Å². The first-order valence-corrected chi connectivity index (χ1v) is 9.64. The van der Waals surface area contributed by atoms with Gasteiger partial charge in [0.1, 0.15) is 5.75 Å². The standard InChI is InChI=1S/C20H21BrClNO2/c1-25-17-9-10-19(21)18(12-17)20(24)23-11-3-2-4-15(13-23)14-5-7-16(22)8-6-14/h5-10,12,15H,2-4,11,13H2,1H3. The Kier molecular flexibility index (Phi) is 6.02. The highest BCUT2D eigenvalue weighted by molar-refractivity contribution is 9.10. The fourth-order valence-electron chi connectivity index (χ4n) is 3.30. The number of halogens is 2. The molecule has 3 rings (SSSR count). The number of amides is 1. The van der Waals surface area contributed by atoms with Crippen molar-refractivity contribution in [3.63, 3.8) is 0 Å². The van der Waals surface area contributed by atoms with E-state index in [-0.39, 0.29) is 5.91 Å². The summed E-state index contributed by atoms with van der Waals surface area (Å²) in [5, 5.41) is 0.741. The summed E-state index contributed by atoms with van der Waals surface area (Å²) in [6.07, 6.45) is 3.23. The highest BCUT2D eigenvalue weighted by Gasteiger charge is 2.25. The molecule has 132 valence electrons. The molecule has 3 nitrogen and oxygen atoms in total. The summed E-state index contributed by atoms with van der Waals surface area (Å²) in [4.78, 5) is 15.1. The fourth-order valence-corrected chi connectivity index (χ4v) is 3.84. The molecule has 1 aliphatic rings. The van der Waals surface area contributed by atoms with Crippen LogP contribution in [-0.2, 0) is 0 Å². The van der Waals surface area contributed by atoms with E-state index < -0.39 is 0 Å². The molecular weight excluding hydrogens is 402 g/mol. The van der Waals surface area contributed by atoms with Gasteiger partial charge in [-0.15, -0.1) is 0 Å². The third-order valence-corrected chi connectivity index (χ3v) is 5.65. The monoisotopic (exact) mass is 421 g/mol. The molecule has 1 fully saturated rings. The number of nitrogens with zero attached hydrogens (tertiary/aromatic N) is 1. The van der Waals surface area contributed by atoms with Gasteiger partial charge in [-0.3, -0.25) is 4.79 Å². The third kappa shape index (κ3) is 4.36. The minimum atomic E-state index is 0.0478. The predicted octanol–water partition coefficient (Wildman–Crippen LogP) is 5.52. The Morgan fingerprint density at radius 2 is 1.96 bits per heavy atom. The average Bonchev–Trinajstić information content (AvgIpc) is 2.88. The van der Waals surface area contributed by atoms with Crippen LogP contribution < -0.4 is 4.74 Å². The van der Waals surface area contributed by atoms with Crippen LogP contribution in [-0.4, -0.2) is 31.0 Å². The number of ether oxygens (including phenoxy) is 1. The highest BCUT2D eigenvalue weighted by Crippen LogP contribution is 2.30. The smallest absolute Gasteiger partial charge is 0.255 e. The van der Waals surface area contributed by atoms with Crippen molar-refractivity contribution in [1.82, 2.24) is 4.90 Å². The van der Waals surface area contributed by atoms with Crippen LogP contribution in [0.4, 0.5) is 0 Å². The normalized spacial score (nSPS) is 17.9. The molecule has 2 aromatic rings. The van der Waals surface area contributed by atoms with Gasteiger partial charge in [-0.05, 0) is 64.7 Å². The number of likely N-dealkylation sites (tertiary alicyclic amines) is 1. The lowest BCUT2D eigenvalue weighted by molar-refractivity contribution is 0.0753. The van der Waals surface area contributed by atoms with Gasteiger partial charge in [-0.25, -0.2) is 0 Å². The van der Waals surface area contributed by atoms with Crippen molar-refractivity contribution in [2.45, 2.75) is 25.2 Å². The van der Waals surface area contributed by atoms with E-state index >= 15 is 0 Å². The largest absolute Gasteiger partial charge is 0.497 e. The van der Waals surface area contributed by atoms with Crippen LogP contribution in [0.1, 0.15) is 41.1 Å². The number of methoxy groups -OCH3 is 1. The SMILES string of the molecule is COc1ccc(Br)c(C(=O)N2CCCCC(c3ccc(Cl)cc3)C2)c1. The van der Waals surface area contributed by atoms with E-state index in [2.05, 4.69) is 28.1 Å². The predicted molar refractivity (Wildman–Crippen MR) is 105 cm³/mol. The zero-order valence-electron chi connectivity index (χ0n) is 14.2. The summed E-state index contributed by atoms with van der Waals surface area (Å²) < 4.78 is 6.07. The topological polar surface area (TPSA) is 29.5 Å². The first-order chi connectivity index (χ1) is 12.1. The van der Waals surface area contributed by atoms with Gasteiger partial charge in [0.05, 0.1) is 12.7 Å². The van der Waals surface area contributed by atoms with Crippen LogP contribution in [0.5, 0.6) is 5.75 Å². The van der Waals surface area contributed by atoms with Crippen LogP contribution >= 0.6 is 27.5 Å². The maximum absolute atomic E-state index is 13.1. The molecule has 1 aliphatic heterocycles. The van der Waals surface area contributed by atoms with Crippen LogP contribution in [0.2, 0.25) is 5.02 Å². The number of benzene rings is 2. The first kappa shape index (κ1) is 18.3. The molecule has 1 amide bonds. The van der Waals surface area contributed by atoms with E-state index in [1.54, 1.807) is 13.2 Å². The fraction of sp³-hybridized carbons (Fsp3) is 0.350. The molecule has 0 saturated carbocycles. The maximum atomic E-state index is 13.1. The Bertz CT molecular complexity index is 748. The Hall–Kier alpha value is -1.52. The molecule has 5 heteroatoms. The van der Waals surface area contributed by atoms with E-state index in [4.69, 9.17) is 16.3 Å². The molecule has 0 N–H and O–H groups in total. The molecule has 0 radical (unpaired) electrons. The minimum absolute atomic E-state index is 0.0478. The summed E-state index contributed by atoms with van der Waals surface area (Å²) in [6, 6.07) is 13.5. The molecule has 25 heavy (non-hydrogen) atoms.